The molecule has 1 N–H and O–H groups in total. The highest BCUT2D eigenvalue weighted by Crippen LogP contribution is 2.14. The molecule has 8 heteroatoms. The zero-order valence-corrected chi connectivity index (χ0v) is 16.2. The van der Waals surface area contributed by atoms with Crippen LogP contribution >= 0.6 is 15.9 Å². The summed E-state index contributed by atoms with van der Waals surface area (Å²) in [6.45, 7) is 6.96. The van der Waals surface area contributed by atoms with Gasteiger partial charge in [-0.05, 0) is 52.0 Å². The predicted molar refractivity (Wildman–Crippen MR) is 98.4 cm³/mol. The van der Waals surface area contributed by atoms with Crippen LogP contribution < -0.4 is 5.69 Å². The van der Waals surface area contributed by atoms with E-state index in [4.69, 9.17) is 10.1 Å². The van der Waals surface area contributed by atoms with Crippen molar-refractivity contribution in [3.8, 4) is 5.69 Å². The molecule has 134 valence electrons. The van der Waals surface area contributed by atoms with Crippen molar-refractivity contribution < 1.29 is 9.53 Å². The molecule has 1 aromatic carbocycles. The fourth-order valence-corrected chi connectivity index (χ4v) is 2.47. The van der Waals surface area contributed by atoms with Crippen LogP contribution in [0.5, 0.6) is 0 Å². The van der Waals surface area contributed by atoms with Crippen molar-refractivity contribution in [3.05, 3.63) is 45.5 Å². The molecule has 1 atom stereocenters. The fourth-order valence-electron chi connectivity index (χ4n) is 2.20. The van der Waals surface area contributed by atoms with E-state index in [1.54, 1.807) is 39.8 Å². The van der Waals surface area contributed by atoms with Crippen molar-refractivity contribution in [2.45, 2.75) is 45.8 Å². The van der Waals surface area contributed by atoms with Gasteiger partial charge in [-0.15, -0.1) is 0 Å². The number of nitrogens with zero attached hydrogens (tertiary/aromatic N) is 3. The molecule has 0 saturated carbocycles. The molecule has 0 radical (unpaired) electrons. The van der Waals surface area contributed by atoms with E-state index >= 15 is 0 Å². The van der Waals surface area contributed by atoms with Crippen molar-refractivity contribution in [3.63, 3.8) is 0 Å². The van der Waals surface area contributed by atoms with Crippen LogP contribution in [0.2, 0.25) is 0 Å². The Balaban J connectivity index is 2.14. The summed E-state index contributed by atoms with van der Waals surface area (Å²) in [5.74, 6) is -0.681. The summed E-state index contributed by atoms with van der Waals surface area (Å²) >= 11 is 3.35. The number of hydrogen-bond donors (Lipinski definition) is 1. The largest absolute Gasteiger partial charge is 0.456 e. The number of benzene rings is 1. The zero-order valence-electron chi connectivity index (χ0n) is 14.6. The van der Waals surface area contributed by atoms with E-state index in [1.165, 1.54) is 15.6 Å². The Morgan fingerprint density at radius 2 is 1.92 bits per heavy atom. The smallest absolute Gasteiger partial charge is 0.352 e. The molecule has 0 saturated heterocycles. The summed E-state index contributed by atoms with van der Waals surface area (Å²) in [4.78, 5) is 24.4. The molecule has 0 aliphatic rings. The molecule has 0 bridgehead atoms. The molecule has 0 aliphatic heterocycles. The predicted octanol–water partition coefficient (Wildman–Crippen LogP) is 3.11. The number of hydrogen-bond acceptors (Lipinski definition) is 5. The first-order valence-electron chi connectivity index (χ1n) is 7.81. The zero-order chi connectivity index (χ0) is 18.8. The number of rotatable bonds is 5. The van der Waals surface area contributed by atoms with E-state index in [2.05, 4.69) is 21.0 Å². The van der Waals surface area contributed by atoms with Crippen LogP contribution in [0.3, 0.4) is 0 Å². The Hall–Kier alpha value is -2.22. The van der Waals surface area contributed by atoms with Gasteiger partial charge in [-0.3, -0.25) is 5.41 Å². The third kappa shape index (κ3) is 4.88. The van der Waals surface area contributed by atoms with Gasteiger partial charge < -0.3 is 4.74 Å². The molecule has 2 rings (SSSR count). The molecule has 1 aromatic heterocycles. The Kier molecular flexibility index (Phi) is 5.62. The van der Waals surface area contributed by atoms with Gasteiger partial charge in [0.2, 0.25) is 0 Å². The van der Waals surface area contributed by atoms with Crippen LogP contribution in [0.25, 0.3) is 5.69 Å². The van der Waals surface area contributed by atoms with Gasteiger partial charge >= 0.3 is 11.7 Å². The van der Waals surface area contributed by atoms with E-state index in [1.807, 2.05) is 12.1 Å². The van der Waals surface area contributed by atoms with E-state index in [0.29, 0.717) is 5.69 Å². The summed E-state index contributed by atoms with van der Waals surface area (Å²) in [6, 6.07) is 6.82. The number of esters is 1. The second kappa shape index (κ2) is 7.35. The van der Waals surface area contributed by atoms with Crippen LogP contribution in [0, 0.1) is 5.41 Å². The van der Waals surface area contributed by atoms with E-state index in [9.17, 15) is 9.59 Å². The molecular formula is C17H21BrN4O3. The number of ether oxygens (including phenoxy) is 1. The lowest BCUT2D eigenvalue weighted by molar-refractivity contribution is -0.146. The Morgan fingerprint density at radius 3 is 2.48 bits per heavy atom. The first-order valence-corrected chi connectivity index (χ1v) is 8.60. The van der Waals surface area contributed by atoms with Crippen LogP contribution in [-0.2, 0) is 9.53 Å². The minimum atomic E-state index is -0.681. The number of halogens is 1. The van der Waals surface area contributed by atoms with E-state index < -0.39 is 17.6 Å². The van der Waals surface area contributed by atoms with Crippen molar-refractivity contribution in [2.24, 2.45) is 0 Å². The van der Waals surface area contributed by atoms with Crippen LogP contribution in [0.4, 0.5) is 0 Å². The Morgan fingerprint density at radius 1 is 1.32 bits per heavy atom. The van der Waals surface area contributed by atoms with E-state index in [-0.39, 0.29) is 17.8 Å². The maximum atomic E-state index is 12.5. The monoisotopic (exact) mass is 408 g/mol. The molecule has 7 nitrogen and oxygen atoms in total. The summed E-state index contributed by atoms with van der Waals surface area (Å²) in [7, 11) is 0. The highest BCUT2D eigenvalue weighted by molar-refractivity contribution is 9.10. The maximum absolute atomic E-state index is 12.5. The van der Waals surface area contributed by atoms with Crippen molar-refractivity contribution in [1.29, 1.82) is 5.41 Å². The molecule has 1 heterocycles. The lowest BCUT2D eigenvalue weighted by Gasteiger charge is -2.20. The Labute approximate surface area is 154 Å². The summed E-state index contributed by atoms with van der Waals surface area (Å²) in [5.41, 5.74) is -0.486. The second-order valence-corrected chi connectivity index (χ2v) is 7.65. The summed E-state index contributed by atoms with van der Waals surface area (Å²) in [5, 5.41) is 12.0. The quantitative estimate of drug-likeness (QED) is 0.607. The van der Waals surface area contributed by atoms with Gasteiger partial charge in [0.1, 0.15) is 17.6 Å². The Bertz CT molecular complexity index is 831. The number of nitrogens with one attached hydrogen (secondary N) is 1. The first-order chi connectivity index (χ1) is 11.6. The van der Waals surface area contributed by atoms with Gasteiger partial charge in [0.15, 0.2) is 0 Å². The van der Waals surface area contributed by atoms with Crippen LogP contribution in [0.1, 0.15) is 40.2 Å². The topological polar surface area (TPSA) is 90.0 Å². The molecular weight excluding hydrogens is 388 g/mol. The SMILES string of the molecule is C[C@@H](CC(=N)C(=O)OC(C)(C)C)n1ncn(-c2ccc(Br)cc2)c1=O. The van der Waals surface area contributed by atoms with Gasteiger partial charge in [-0.1, -0.05) is 15.9 Å². The third-order valence-corrected chi connectivity index (χ3v) is 3.89. The normalized spacial score (nSPS) is 12.7. The lowest BCUT2D eigenvalue weighted by atomic mass is 10.1. The molecule has 0 spiro atoms. The van der Waals surface area contributed by atoms with Crippen molar-refractivity contribution in [1.82, 2.24) is 14.3 Å². The summed E-state index contributed by atoms with van der Waals surface area (Å²) in [6.07, 6.45) is 1.49. The average Bonchev–Trinajstić information content (AvgIpc) is 2.88. The molecule has 0 fully saturated rings. The minimum Gasteiger partial charge on any atom is -0.456 e. The second-order valence-electron chi connectivity index (χ2n) is 6.74. The average molecular weight is 409 g/mol. The fraction of sp³-hybridized carbons (Fsp3) is 0.412. The van der Waals surface area contributed by atoms with Gasteiger partial charge in [-0.25, -0.2) is 18.8 Å². The van der Waals surface area contributed by atoms with Gasteiger partial charge in [0, 0.05) is 10.9 Å². The van der Waals surface area contributed by atoms with Gasteiger partial charge in [-0.2, -0.15) is 5.10 Å². The van der Waals surface area contributed by atoms with E-state index in [0.717, 1.165) is 4.47 Å². The van der Waals surface area contributed by atoms with Crippen LogP contribution in [0.15, 0.2) is 39.9 Å². The summed E-state index contributed by atoms with van der Waals surface area (Å²) < 4.78 is 8.77. The van der Waals surface area contributed by atoms with Crippen molar-refractivity contribution >= 4 is 27.6 Å². The standard InChI is InChI=1S/C17H21BrN4O3/c1-11(9-14(19)15(23)25-17(2,3)4)22-16(24)21(10-20-22)13-7-5-12(18)6-8-13/h5-8,10-11,19H,9H2,1-4H3/t11-/m0/s1. The lowest BCUT2D eigenvalue weighted by Crippen LogP contribution is -2.32. The van der Waals surface area contributed by atoms with Gasteiger partial charge in [0.05, 0.1) is 11.7 Å². The third-order valence-electron chi connectivity index (χ3n) is 3.36. The molecule has 0 unspecified atom stereocenters. The van der Waals surface area contributed by atoms with Crippen LogP contribution in [-0.4, -0.2) is 31.6 Å². The highest BCUT2D eigenvalue weighted by atomic mass is 79.9. The van der Waals surface area contributed by atoms with Crippen molar-refractivity contribution in [2.75, 3.05) is 0 Å². The molecule has 0 amide bonds. The number of carbonyl (C=O) groups is 1. The highest BCUT2D eigenvalue weighted by Gasteiger charge is 2.23. The first kappa shape index (κ1) is 19.1. The van der Waals surface area contributed by atoms with Gasteiger partial charge in [0.25, 0.3) is 0 Å². The number of aromatic nitrogens is 3. The minimum absolute atomic E-state index is 0.0617. The molecule has 25 heavy (non-hydrogen) atoms. The molecule has 2 aromatic rings. The molecule has 0 aliphatic carbocycles. The number of carbonyl (C=O) groups excluding carboxylic acids is 1. The maximum Gasteiger partial charge on any atom is 0.352 e.